The number of thiazole rings is 1. The molecule has 4 rings (SSSR count). The van der Waals surface area contributed by atoms with E-state index in [1.807, 2.05) is 0 Å². The van der Waals surface area contributed by atoms with Crippen molar-refractivity contribution in [2.45, 2.75) is 31.4 Å². The maximum atomic E-state index is 12.8. The molecule has 0 fully saturated rings. The van der Waals surface area contributed by atoms with Crippen LogP contribution in [0.4, 0.5) is 13.2 Å². The Balaban J connectivity index is 1.45. The number of fused-ring (bicyclic) bond motifs is 1. The van der Waals surface area contributed by atoms with Gasteiger partial charge in [-0.3, -0.25) is 4.79 Å². The third-order valence-corrected chi connectivity index (χ3v) is 6.18. The molecule has 1 aromatic heterocycles. The van der Waals surface area contributed by atoms with Gasteiger partial charge in [-0.25, -0.2) is 4.98 Å². The van der Waals surface area contributed by atoms with E-state index in [4.69, 9.17) is 9.84 Å². The number of hydrogen-bond acceptors (Lipinski definition) is 4. The Morgan fingerprint density at radius 2 is 1.97 bits per heavy atom. The fraction of sp³-hybridized carbons (Fsp3) is 0.273. The minimum atomic E-state index is -4.35. The Bertz CT molecular complexity index is 1060. The summed E-state index contributed by atoms with van der Waals surface area (Å²) in [5.74, 6) is -0.186. The molecule has 2 aromatic carbocycles. The molecule has 30 heavy (non-hydrogen) atoms. The van der Waals surface area contributed by atoms with Crippen molar-refractivity contribution in [3.8, 4) is 16.3 Å². The van der Waals surface area contributed by atoms with Crippen molar-refractivity contribution >= 4 is 17.3 Å². The van der Waals surface area contributed by atoms with Crippen LogP contribution in [0.25, 0.3) is 10.6 Å². The van der Waals surface area contributed by atoms with Crippen molar-refractivity contribution in [1.82, 2.24) is 4.98 Å². The van der Waals surface area contributed by atoms with E-state index >= 15 is 0 Å². The smallest absolute Gasteiger partial charge is 0.416 e. The zero-order valence-corrected chi connectivity index (χ0v) is 16.6. The number of rotatable bonds is 6. The van der Waals surface area contributed by atoms with Gasteiger partial charge in [0.15, 0.2) is 0 Å². The molecular formula is C22H18F3NO3S. The summed E-state index contributed by atoms with van der Waals surface area (Å²) in [5.41, 5.74) is 1.61. The first-order valence-electron chi connectivity index (χ1n) is 9.40. The van der Waals surface area contributed by atoms with Crippen molar-refractivity contribution in [1.29, 1.82) is 0 Å². The number of nitrogens with zero attached hydrogens (tertiary/aromatic N) is 1. The molecule has 1 heterocycles. The number of hydrogen-bond donors (Lipinski definition) is 1. The molecule has 0 saturated carbocycles. The minimum absolute atomic E-state index is 0.0622. The number of ether oxygens (including phenoxy) is 1. The van der Waals surface area contributed by atoms with Crippen molar-refractivity contribution < 1.29 is 27.8 Å². The number of carboxylic acids is 1. The first-order chi connectivity index (χ1) is 14.3. The average Bonchev–Trinajstić information content (AvgIpc) is 3.27. The fourth-order valence-electron chi connectivity index (χ4n) is 3.51. The summed E-state index contributed by atoms with van der Waals surface area (Å²) in [4.78, 5) is 16.7. The molecule has 1 aliphatic rings. The molecule has 0 saturated heterocycles. The number of carboxylic acid groups (broad SMARTS) is 1. The molecule has 1 aliphatic carbocycles. The Morgan fingerprint density at radius 1 is 1.20 bits per heavy atom. The summed E-state index contributed by atoms with van der Waals surface area (Å²) >= 11 is 1.51. The summed E-state index contributed by atoms with van der Waals surface area (Å²) in [6.45, 7) is 0.416. The highest BCUT2D eigenvalue weighted by Gasteiger charge is 2.31. The zero-order chi connectivity index (χ0) is 21.3. The van der Waals surface area contributed by atoms with Gasteiger partial charge in [-0.1, -0.05) is 24.3 Å². The van der Waals surface area contributed by atoms with Gasteiger partial charge in [0, 0.05) is 16.4 Å². The van der Waals surface area contributed by atoms with Gasteiger partial charge in [-0.15, -0.1) is 11.3 Å². The molecule has 0 aliphatic heterocycles. The minimum Gasteiger partial charge on any atom is -0.493 e. The van der Waals surface area contributed by atoms with E-state index in [2.05, 4.69) is 4.98 Å². The van der Waals surface area contributed by atoms with Crippen LogP contribution < -0.4 is 4.74 Å². The molecule has 0 amide bonds. The van der Waals surface area contributed by atoms with Crippen LogP contribution in [-0.4, -0.2) is 22.7 Å². The normalized spacial score (nSPS) is 15.8. The molecule has 4 nitrogen and oxygen atoms in total. The molecule has 0 spiro atoms. The van der Waals surface area contributed by atoms with E-state index in [0.717, 1.165) is 35.5 Å². The van der Waals surface area contributed by atoms with Crippen molar-refractivity contribution in [3.63, 3.8) is 0 Å². The van der Waals surface area contributed by atoms with Gasteiger partial charge < -0.3 is 9.84 Å². The summed E-state index contributed by atoms with van der Waals surface area (Å²) in [6.07, 6.45) is -2.66. The van der Waals surface area contributed by atoms with Crippen LogP contribution in [0.15, 0.2) is 48.5 Å². The molecule has 0 unspecified atom stereocenters. The largest absolute Gasteiger partial charge is 0.493 e. The van der Waals surface area contributed by atoms with E-state index in [1.54, 1.807) is 24.3 Å². The Hall–Kier alpha value is -2.87. The van der Waals surface area contributed by atoms with Crippen molar-refractivity contribution in [3.05, 3.63) is 70.2 Å². The predicted molar refractivity (Wildman–Crippen MR) is 107 cm³/mol. The number of aromatic nitrogens is 1. The third kappa shape index (κ3) is 4.48. The molecule has 8 heteroatoms. The summed E-state index contributed by atoms with van der Waals surface area (Å²) in [6, 6.07) is 12.1. The van der Waals surface area contributed by atoms with E-state index in [1.165, 1.54) is 23.5 Å². The van der Waals surface area contributed by atoms with Gasteiger partial charge in [0.25, 0.3) is 0 Å². The lowest BCUT2D eigenvalue weighted by Gasteiger charge is -2.12. The highest BCUT2D eigenvalue weighted by atomic mass is 32.1. The topological polar surface area (TPSA) is 59.4 Å². The van der Waals surface area contributed by atoms with Crippen molar-refractivity contribution in [2.75, 3.05) is 6.61 Å². The highest BCUT2D eigenvalue weighted by molar-refractivity contribution is 7.15. The van der Waals surface area contributed by atoms with Crippen LogP contribution in [-0.2, 0) is 23.8 Å². The first kappa shape index (κ1) is 20.4. The summed E-state index contributed by atoms with van der Waals surface area (Å²) < 4.78 is 44.2. The number of aryl methyl sites for hydroxylation is 1. The van der Waals surface area contributed by atoms with E-state index in [-0.39, 0.29) is 12.3 Å². The van der Waals surface area contributed by atoms with Gasteiger partial charge >= 0.3 is 12.1 Å². The van der Waals surface area contributed by atoms with Crippen LogP contribution in [0.2, 0.25) is 0 Å². The average molecular weight is 433 g/mol. The van der Waals surface area contributed by atoms with E-state index in [0.29, 0.717) is 28.5 Å². The van der Waals surface area contributed by atoms with Crippen molar-refractivity contribution in [2.24, 2.45) is 0 Å². The lowest BCUT2D eigenvalue weighted by Crippen LogP contribution is -2.09. The zero-order valence-electron chi connectivity index (χ0n) is 15.8. The second-order valence-electron chi connectivity index (χ2n) is 7.17. The van der Waals surface area contributed by atoms with Crippen LogP contribution in [0.1, 0.15) is 34.0 Å². The summed E-state index contributed by atoms with van der Waals surface area (Å²) in [5, 5.41) is 9.63. The highest BCUT2D eigenvalue weighted by Crippen LogP contribution is 2.40. The van der Waals surface area contributed by atoms with Crippen LogP contribution >= 0.6 is 11.3 Å². The maximum Gasteiger partial charge on any atom is 0.416 e. The number of halogens is 3. The Labute approximate surface area is 175 Å². The van der Waals surface area contributed by atoms with Gasteiger partial charge in [0.2, 0.25) is 0 Å². The van der Waals surface area contributed by atoms with Crippen LogP contribution in [0, 0.1) is 0 Å². The molecule has 156 valence electrons. The SMILES string of the molecule is O=C(O)Cc1cccc(OC[C@@H]2CCc3sc(-c4ccc(C(F)(F)F)cc4)nc32)c1. The molecule has 0 radical (unpaired) electrons. The molecule has 3 aromatic rings. The monoisotopic (exact) mass is 433 g/mol. The lowest BCUT2D eigenvalue weighted by atomic mass is 10.1. The quantitative estimate of drug-likeness (QED) is 0.553. The van der Waals surface area contributed by atoms with Crippen LogP contribution in [0.5, 0.6) is 5.75 Å². The third-order valence-electron chi connectivity index (χ3n) is 5.00. The van der Waals surface area contributed by atoms with Gasteiger partial charge in [-0.2, -0.15) is 13.2 Å². The van der Waals surface area contributed by atoms with E-state index in [9.17, 15) is 18.0 Å². The molecular weight excluding hydrogens is 415 g/mol. The van der Waals surface area contributed by atoms with E-state index < -0.39 is 17.7 Å². The van der Waals surface area contributed by atoms with Gasteiger partial charge in [0.1, 0.15) is 10.8 Å². The Kier molecular flexibility index (Phi) is 5.51. The Morgan fingerprint density at radius 3 is 2.67 bits per heavy atom. The second kappa shape index (κ2) is 8.10. The number of aliphatic carboxylic acids is 1. The fourth-order valence-corrected chi connectivity index (χ4v) is 4.68. The maximum absolute atomic E-state index is 12.8. The molecule has 0 bridgehead atoms. The first-order valence-corrected chi connectivity index (χ1v) is 10.2. The molecule has 1 N–H and O–H groups in total. The van der Waals surface area contributed by atoms with Gasteiger partial charge in [0.05, 0.1) is 24.3 Å². The molecule has 1 atom stereocenters. The van der Waals surface area contributed by atoms with Crippen LogP contribution in [0.3, 0.4) is 0 Å². The number of benzene rings is 2. The lowest BCUT2D eigenvalue weighted by molar-refractivity contribution is -0.138. The standard InChI is InChI=1S/C22H18F3NO3S/c23-22(24,25)16-7-4-14(5-8-16)21-26-20-15(6-9-18(20)30-21)12-29-17-3-1-2-13(10-17)11-19(27)28/h1-5,7-8,10,15H,6,9,11-12H2,(H,27,28)/t15-/m0/s1. The predicted octanol–water partition coefficient (Wildman–Crippen LogP) is 5.56. The number of carbonyl (C=O) groups is 1. The van der Waals surface area contributed by atoms with Gasteiger partial charge in [-0.05, 0) is 42.7 Å². The second-order valence-corrected chi connectivity index (χ2v) is 8.25. The summed E-state index contributed by atoms with van der Waals surface area (Å²) in [7, 11) is 0. The number of alkyl halides is 3.